The first-order valence-corrected chi connectivity index (χ1v) is 10.7. The number of aromatic nitrogens is 2. The molecule has 2 heterocycles. The summed E-state index contributed by atoms with van der Waals surface area (Å²) < 4.78 is 14.7. The number of carboxylic acid groups (broad SMARTS) is 1. The second kappa shape index (κ2) is 8.47. The van der Waals surface area contributed by atoms with Crippen molar-refractivity contribution >= 4 is 23.5 Å². The summed E-state index contributed by atoms with van der Waals surface area (Å²) in [6.45, 7) is 2.68. The van der Waals surface area contributed by atoms with Gasteiger partial charge < -0.3 is 5.11 Å². The minimum absolute atomic E-state index is 0.114. The van der Waals surface area contributed by atoms with Crippen molar-refractivity contribution in [3.05, 3.63) is 52.6 Å². The number of aromatic carboxylic acids is 1. The van der Waals surface area contributed by atoms with E-state index in [-0.39, 0.29) is 22.8 Å². The van der Waals surface area contributed by atoms with Crippen LogP contribution < -0.4 is 0 Å². The van der Waals surface area contributed by atoms with Gasteiger partial charge in [-0.3, -0.25) is 9.69 Å². The summed E-state index contributed by atoms with van der Waals surface area (Å²) in [6, 6.07) is 6.04. The Hall–Kier alpha value is -2.25. The first kappa shape index (κ1) is 21.0. The molecule has 4 rings (SSSR count). The average molecular weight is 434 g/mol. The second-order valence-electron chi connectivity index (χ2n) is 8.73. The van der Waals surface area contributed by atoms with Gasteiger partial charge in [0.25, 0.3) is 0 Å². The number of rotatable bonds is 5. The zero-order chi connectivity index (χ0) is 21.3. The number of carbonyl (C=O) groups excluding carboxylic acids is 1. The van der Waals surface area contributed by atoms with Crippen LogP contribution in [0.25, 0.3) is 0 Å². The lowest BCUT2D eigenvalue weighted by Crippen LogP contribution is -2.32. The highest BCUT2D eigenvalue weighted by Crippen LogP contribution is 2.46. The van der Waals surface area contributed by atoms with E-state index in [4.69, 9.17) is 16.7 Å². The lowest BCUT2D eigenvalue weighted by atomic mass is 9.69. The van der Waals surface area contributed by atoms with Crippen molar-refractivity contribution in [2.45, 2.75) is 45.1 Å². The summed E-state index contributed by atoms with van der Waals surface area (Å²) in [4.78, 5) is 25.7. The van der Waals surface area contributed by atoms with Crippen LogP contribution in [0.2, 0.25) is 5.02 Å². The number of carbonyl (C=O) groups is 2. The molecule has 2 aliphatic rings. The van der Waals surface area contributed by atoms with Crippen molar-refractivity contribution in [1.29, 1.82) is 0 Å². The summed E-state index contributed by atoms with van der Waals surface area (Å²) in [5, 5.41) is 13.2. The Labute approximate surface area is 179 Å². The molecule has 0 atom stereocenters. The SMILES string of the molecule is O=C(O)c1ccn(C(=O)CC2CCC3(CC2)CCN(Cc2cc(F)cc(Cl)c2)C3)n1. The van der Waals surface area contributed by atoms with Gasteiger partial charge in [-0.2, -0.15) is 5.10 Å². The Morgan fingerprint density at radius 2 is 2.00 bits per heavy atom. The van der Waals surface area contributed by atoms with Gasteiger partial charge in [0.05, 0.1) is 0 Å². The molecule has 160 valence electrons. The van der Waals surface area contributed by atoms with Crippen molar-refractivity contribution in [2.75, 3.05) is 13.1 Å². The minimum atomic E-state index is -1.13. The predicted octanol–water partition coefficient (Wildman–Crippen LogP) is 4.49. The molecule has 2 aromatic rings. The number of carboxylic acids is 1. The molecule has 1 aromatic carbocycles. The third-order valence-electron chi connectivity index (χ3n) is 6.54. The molecule has 30 heavy (non-hydrogen) atoms. The van der Waals surface area contributed by atoms with E-state index in [1.807, 2.05) is 6.07 Å². The Morgan fingerprint density at radius 3 is 2.67 bits per heavy atom. The Bertz CT molecular complexity index is 933. The summed E-state index contributed by atoms with van der Waals surface area (Å²) >= 11 is 5.98. The topological polar surface area (TPSA) is 75.4 Å². The average Bonchev–Trinajstić information content (AvgIpc) is 3.31. The normalized spacial score (nSPS) is 24.4. The third kappa shape index (κ3) is 4.73. The first-order chi connectivity index (χ1) is 14.3. The van der Waals surface area contributed by atoms with E-state index in [0.717, 1.165) is 55.4 Å². The lowest BCUT2D eigenvalue weighted by Gasteiger charge is -2.37. The molecule has 1 spiro atoms. The van der Waals surface area contributed by atoms with Gasteiger partial charge in [-0.15, -0.1) is 0 Å². The standard InChI is InChI=1S/C22H25ClFN3O3/c23-17-9-16(10-18(24)12-17)13-26-8-6-22(14-26)4-1-15(2-5-22)11-20(28)27-7-3-19(25-27)21(29)30/h3,7,9-10,12,15H,1-2,4-6,8,11,13-14H2,(H,29,30). The van der Waals surface area contributed by atoms with Crippen LogP contribution >= 0.6 is 11.6 Å². The monoisotopic (exact) mass is 433 g/mol. The van der Waals surface area contributed by atoms with Gasteiger partial charge >= 0.3 is 5.97 Å². The molecule has 1 saturated carbocycles. The molecular formula is C22H25ClFN3O3. The van der Waals surface area contributed by atoms with Gasteiger partial charge in [-0.05, 0) is 79.8 Å². The van der Waals surface area contributed by atoms with Crippen LogP contribution in [0.5, 0.6) is 0 Å². The van der Waals surface area contributed by atoms with Crippen molar-refractivity contribution < 1.29 is 19.1 Å². The van der Waals surface area contributed by atoms with E-state index in [2.05, 4.69) is 10.00 Å². The second-order valence-corrected chi connectivity index (χ2v) is 9.17. The van der Waals surface area contributed by atoms with E-state index < -0.39 is 5.97 Å². The number of hydrogen-bond donors (Lipinski definition) is 1. The van der Waals surface area contributed by atoms with Crippen LogP contribution in [-0.4, -0.2) is 44.8 Å². The molecule has 2 fully saturated rings. The van der Waals surface area contributed by atoms with Gasteiger partial charge in [0, 0.05) is 30.7 Å². The number of hydrogen-bond acceptors (Lipinski definition) is 4. The molecule has 1 aliphatic carbocycles. The van der Waals surface area contributed by atoms with Gasteiger partial charge in [-0.1, -0.05) is 11.6 Å². The fourth-order valence-corrected chi connectivity index (χ4v) is 5.19. The molecule has 0 amide bonds. The molecule has 0 radical (unpaired) electrons. The van der Waals surface area contributed by atoms with Crippen molar-refractivity contribution in [2.24, 2.45) is 11.3 Å². The number of halogens is 2. The largest absolute Gasteiger partial charge is 0.476 e. The van der Waals surface area contributed by atoms with E-state index in [1.165, 1.54) is 18.3 Å². The van der Waals surface area contributed by atoms with Gasteiger partial charge in [-0.25, -0.2) is 13.9 Å². The highest BCUT2D eigenvalue weighted by molar-refractivity contribution is 6.30. The summed E-state index contributed by atoms with van der Waals surface area (Å²) in [5.41, 5.74) is 1.06. The maximum Gasteiger partial charge on any atom is 0.356 e. The van der Waals surface area contributed by atoms with E-state index in [0.29, 0.717) is 23.9 Å². The van der Waals surface area contributed by atoms with Crippen LogP contribution in [0, 0.1) is 17.2 Å². The fraction of sp³-hybridized carbons (Fsp3) is 0.500. The molecule has 0 unspecified atom stereocenters. The Balaban J connectivity index is 1.28. The molecule has 0 bridgehead atoms. The third-order valence-corrected chi connectivity index (χ3v) is 6.76. The maximum absolute atomic E-state index is 13.6. The van der Waals surface area contributed by atoms with E-state index in [9.17, 15) is 14.0 Å². The Kier molecular flexibility index (Phi) is 5.93. The highest BCUT2D eigenvalue weighted by atomic mass is 35.5. The van der Waals surface area contributed by atoms with Crippen molar-refractivity contribution in [3.63, 3.8) is 0 Å². The van der Waals surface area contributed by atoms with E-state index in [1.54, 1.807) is 6.07 Å². The molecule has 1 N–H and O–H groups in total. The van der Waals surface area contributed by atoms with Crippen LogP contribution in [0.15, 0.2) is 30.5 Å². The van der Waals surface area contributed by atoms with Gasteiger partial charge in [0.15, 0.2) is 5.69 Å². The molecule has 1 aromatic heterocycles. The summed E-state index contributed by atoms with van der Waals surface area (Å²) in [6.07, 6.45) is 7.05. The molecule has 6 nitrogen and oxygen atoms in total. The van der Waals surface area contributed by atoms with Gasteiger partial charge in [0.2, 0.25) is 5.91 Å². The summed E-state index contributed by atoms with van der Waals surface area (Å²) in [5.74, 6) is -1.28. The predicted molar refractivity (Wildman–Crippen MR) is 110 cm³/mol. The fourth-order valence-electron chi connectivity index (χ4n) is 4.94. The molecule has 1 saturated heterocycles. The molecule has 1 aliphatic heterocycles. The number of benzene rings is 1. The molecule has 8 heteroatoms. The van der Waals surface area contributed by atoms with E-state index >= 15 is 0 Å². The summed E-state index contributed by atoms with van der Waals surface area (Å²) in [7, 11) is 0. The quantitative estimate of drug-likeness (QED) is 0.752. The highest BCUT2D eigenvalue weighted by Gasteiger charge is 2.41. The first-order valence-electron chi connectivity index (χ1n) is 10.3. The molecular weight excluding hydrogens is 409 g/mol. The van der Waals surface area contributed by atoms with Crippen LogP contribution in [-0.2, 0) is 6.54 Å². The van der Waals surface area contributed by atoms with Crippen LogP contribution in [0.4, 0.5) is 4.39 Å². The van der Waals surface area contributed by atoms with Crippen molar-refractivity contribution in [3.8, 4) is 0 Å². The lowest BCUT2D eigenvalue weighted by molar-refractivity contribution is 0.0689. The number of nitrogens with zero attached hydrogens (tertiary/aromatic N) is 3. The van der Waals surface area contributed by atoms with Crippen molar-refractivity contribution in [1.82, 2.24) is 14.7 Å². The Morgan fingerprint density at radius 1 is 1.23 bits per heavy atom. The zero-order valence-electron chi connectivity index (χ0n) is 16.7. The maximum atomic E-state index is 13.6. The van der Waals surface area contributed by atoms with Gasteiger partial charge in [0.1, 0.15) is 5.82 Å². The van der Waals surface area contributed by atoms with Crippen LogP contribution in [0.3, 0.4) is 0 Å². The van der Waals surface area contributed by atoms with Crippen LogP contribution in [0.1, 0.15) is 59.4 Å². The zero-order valence-corrected chi connectivity index (χ0v) is 17.4. The number of likely N-dealkylation sites (tertiary alicyclic amines) is 1. The minimum Gasteiger partial charge on any atom is -0.476 e. The smallest absolute Gasteiger partial charge is 0.356 e.